The zero-order chi connectivity index (χ0) is 11.3. The molecule has 0 aliphatic heterocycles. The Morgan fingerprint density at radius 2 is 1.87 bits per heavy atom. The summed E-state index contributed by atoms with van der Waals surface area (Å²) in [5.74, 6) is 0.384. The van der Waals surface area contributed by atoms with Crippen LogP contribution in [-0.2, 0) is 4.74 Å². The molecule has 0 aliphatic rings. The highest BCUT2D eigenvalue weighted by molar-refractivity contribution is 6.37. The molecule has 0 atom stereocenters. The van der Waals surface area contributed by atoms with E-state index in [2.05, 4.69) is 0 Å². The van der Waals surface area contributed by atoms with Crippen molar-refractivity contribution in [1.82, 2.24) is 0 Å². The zero-order valence-corrected chi connectivity index (χ0v) is 9.60. The van der Waals surface area contributed by atoms with E-state index in [0.717, 1.165) is 0 Å². The summed E-state index contributed by atoms with van der Waals surface area (Å²) in [5, 5.41) is 9.32. The van der Waals surface area contributed by atoms with Gasteiger partial charge < -0.3 is 9.47 Å². The number of rotatable bonds is 4. The van der Waals surface area contributed by atoms with Crippen molar-refractivity contribution in [3.05, 3.63) is 27.7 Å². The van der Waals surface area contributed by atoms with Crippen LogP contribution in [0, 0.1) is 11.3 Å². The van der Waals surface area contributed by atoms with E-state index < -0.39 is 0 Å². The number of ether oxygens (including phenoxy) is 2. The molecule has 5 heteroatoms. The third kappa shape index (κ3) is 3.28. The maximum atomic E-state index is 8.66. The standard InChI is InChI=1S/C10H9Cl2NO2/c1-14-2-3-15-10-8(11)4-7(6-13)5-9(10)12/h4-5H,2-3H2,1H3. The number of nitrogens with zero attached hydrogens (tertiary/aromatic N) is 1. The lowest BCUT2D eigenvalue weighted by Gasteiger charge is -2.09. The van der Waals surface area contributed by atoms with Crippen LogP contribution in [0.2, 0.25) is 10.0 Å². The molecule has 80 valence electrons. The lowest BCUT2D eigenvalue weighted by atomic mass is 10.2. The van der Waals surface area contributed by atoms with Gasteiger partial charge in [0.1, 0.15) is 6.61 Å². The second-order valence-corrected chi connectivity index (χ2v) is 3.54. The molecule has 0 fully saturated rings. The Balaban J connectivity index is 2.85. The fourth-order valence-electron chi connectivity index (χ4n) is 0.989. The Kier molecular flexibility index (Phi) is 4.70. The molecule has 1 aromatic carbocycles. The summed E-state index contributed by atoms with van der Waals surface area (Å²) in [6, 6.07) is 4.97. The maximum Gasteiger partial charge on any atom is 0.156 e. The van der Waals surface area contributed by atoms with E-state index in [9.17, 15) is 0 Å². The Hall–Kier alpha value is -0.950. The van der Waals surface area contributed by atoms with Crippen molar-refractivity contribution in [3.63, 3.8) is 0 Å². The molecule has 0 heterocycles. The molecule has 0 N–H and O–H groups in total. The van der Waals surface area contributed by atoms with Crippen molar-refractivity contribution in [2.24, 2.45) is 0 Å². The van der Waals surface area contributed by atoms with Crippen molar-refractivity contribution < 1.29 is 9.47 Å². The topological polar surface area (TPSA) is 42.2 Å². The highest BCUT2D eigenvalue weighted by atomic mass is 35.5. The lowest BCUT2D eigenvalue weighted by Crippen LogP contribution is -2.05. The second kappa shape index (κ2) is 5.82. The van der Waals surface area contributed by atoms with Gasteiger partial charge in [-0.15, -0.1) is 0 Å². The molecule has 0 spiro atoms. The minimum Gasteiger partial charge on any atom is -0.488 e. The molecule has 1 aromatic rings. The van der Waals surface area contributed by atoms with Crippen molar-refractivity contribution in [2.75, 3.05) is 20.3 Å². The first-order valence-corrected chi connectivity index (χ1v) is 4.95. The molecular weight excluding hydrogens is 237 g/mol. The van der Waals surface area contributed by atoms with Gasteiger partial charge in [-0.3, -0.25) is 0 Å². The van der Waals surface area contributed by atoms with Crippen molar-refractivity contribution in [2.45, 2.75) is 0 Å². The van der Waals surface area contributed by atoms with Crippen LogP contribution in [0.5, 0.6) is 5.75 Å². The molecule has 0 saturated heterocycles. The highest BCUT2D eigenvalue weighted by Crippen LogP contribution is 2.33. The predicted octanol–water partition coefficient (Wildman–Crippen LogP) is 2.89. The number of hydrogen-bond acceptors (Lipinski definition) is 3. The van der Waals surface area contributed by atoms with Crippen LogP contribution in [-0.4, -0.2) is 20.3 Å². The first-order chi connectivity index (χ1) is 7.19. The van der Waals surface area contributed by atoms with Crippen molar-refractivity contribution in [3.8, 4) is 11.8 Å². The van der Waals surface area contributed by atoms with E-state index in [-0.39, 0.29) is 0 Å². The van der Waals surface area contributed by atoms with Crippen LogP contribution in [0.4, 0.5) is 0 Å². The van der Waals surface area contributed by atoms with Gasteiger partial charge in [0.05, 0.1) is 28.3 Å². The van der Waals surface area contributed by atoms with Gasteiger partial charge in [-0.05, 0) is 12.1 Å². The second-order valence-electron chi connectivity index (χ2n) is 2.72. The summed E-state index contributed by atoms with van der Waals surface area (Å²) in [7, 11) is 1.57. The molecule has 0 unspecified atom stereocenters. The van der Waals surface area contributed by atoms with Crippen LogP contribution in [0.25, 0.3) is 0 Å². The van der Waals surface area contributed by atoms with E-state index in [1.807, 2.05) is 6.07 Å². The molecule has 1 rings (SSSR count). The van der Waals surface area contributed by atoms with E-state index in [4.69, 9.17) is 37.9 Å². The first-order valence-electron chi connectivity index (χ1n) is 4.20. The van der Waals surface area contributed by atoms with Crippen LogP contribution >= 0.6 is 23.2 Å². The number of methoxy groups -OCH3 is 1. The Morgan fingerprint density at radius 3 is 2.33 bits per heavy atom. The molecule has 0 amide bonds. The molecule has 0 aromatic heterocycles. The summed E-state index contributed by atoms with van der Waals surface area (Å²) in [4.78, 5) is 0. The summed E-state index contributed by atoms with van der Waals surface area (Å²) < 4.78 is 10.1. The van der Waals surface area contributed by atoms with Gasteiger partial charge in [-0.25, -0.2) is 0 Å². The van der Waals surface area contributed by atoms with Crippen molar-refractivity contribution >= 4 is 23.2 Å². The molecule has 0 radical (unpaired) electrons. The fraction of sp³-hybridized carbons (Fsp3) is 0.300. The van der Waals surface area contributed by atoms with Gasteiger partial charge in [0.15, 0.2) is 5.75 Å². The van der Waals surface area contributed by atoms with Crippen LogP contribution in [0.3, 0.4) is 0 Å². The summed E-state index contributed by atoms with van der Waals surface area (Å²) in [5.41, 5.74) is 0.407. The first kappa shape index (κ1) is 12.1. The number of halogens is 2. The third-order valence-electron chi connectivity index (χ3n) is 1.66. The molecule has 0 bridgehead atoms. The Morgan fingerprint density at radius 1 is 1.27 bits per heavy atom. The van der Waals surface area contributed by atoms with E-state index in [0.29, 0.717) is 34.6 Å². The average Bonchev–Trinajstić information content (AvgIpc) is 2.22. The van der Waals surface area contributed by atoms with Gasteiger partial charge in [0.25, 0.3) is 0 Å². The van der Waals surface area contributed by atoms with Gasteiger partial charge in [0.2, 0.25) is 0 Å². The quantitative estimate of drug-likeness (QED) is 0.767. The molecule has 0 saturated carbocycles. The predicted molar refractivity (Wildman–Crippen MR) is 58.5 cm³/mol. The highest BCUT2D eigenvalue weighted by Gasteiger charge is 2.09. The Bertz CT molecular complexity index is 364. The van der Waals surface area contributed by atoms with Gasteiger partial charge in [-0.2, -0.15) is 5.26 Å². The summed E-state index contributed by atoms with van der Waals surface area (Å²) >= 11 is 11.8. The largest absolute Gasteiger partial charge is 0.488 e. The van der Waals surface area contributed by atoms with Crippen LogP contribution in [0.15, 0.2) is 12.1 Å². The summed E-state index contributed by atoms with van der Waals surface area (Å²) in [6.07, 6.45) is 0. The van der Waals surface area contributed by atoms with E-state index >= 15 is 0 Å². The van der Waals surface area contributed by atoms with E-state index in [1.165, 1.54) is 12.1 Å². The number of hydrogen-bond donors (Lipinski definition) is 0. The lowest BCUT2D eigenvalue weighted by molar-refractivity contribution is 0.146. The van der Waals surface area contributed by atoms with E-state index in [1.54, 1.807) is 7.11 Å². The fourth-order valence-corrected chi connectivity index (χ4v) is 1.59. The van der Waals surface area contributed by atoms with Crippen molar-refractivity contribution in [1.29, 1.82) is 5.26 Å². The Labute approximate surface area is 98.1 Å². The maximum absolute atomic E-state index is 8.66. The van der Waals surface area contributed by atoms with Gasteiger partial charge in [-0.1, -0.05) is 23.2 Å². The average molecular weight is 246 g/mol. The zero-order valence-electron chi connectivity index (χ0n) is 8.09. The monoisotopic (exact) mass is 245 g/mol. The summed E-state index contributed by atoms with van der Waals surface area (Å²) in [6.45, 7) is 0.814. The minimum atomic E-state index is 0.329. The number of benzene rings is 1. The normalized spacial score (nSPS) is 9.73. The minimum absolute atomic E-state index is 0.329. The SMILES string of the molecule is COCCOc1c(Cl)cc(C#N)cc1Cl. The number of nitriles is 1. The van der Waals surface area contributed by atoms with Crippen LogP contribution in [0.1, 0.15) is 5.56 Å². The molecule has 0 aliphatic carbocycles. The van der Waals surface area contributed by atoms with Gasteiger partial charge in [0, 0.05) is 7.11 Å². The molecular formula is C10H9Cl2NO2. The molecule has 3 nitrogen and oxygen atoms in total. The smallest absolute Gasteiger partial charge is 0.156 e. The molecule has 15 heavy (non-hydrogen) atoms. The third-order valence-corrected chi connectivity index (χ3v) is 2.22. The van der Waals surface area contributed by atoms with Gasteiger partial charge >= 0.3 is 0 Å². The van der Waals surface area contributed by atoms with Crippen LogP contribution < -0.4 is 4.74 Å².